The number of carboxylic acids is 1. The molecular weight excluding hydrogens is 252 g/mol. The van der Waals surface area contributed by atoms with Gasteiger partial charge in [-0.05, 0) is 42.7 Å². The van der Waals surface area contributed by atoms with Crippen LogP contribution in [0.3, 0.4) is 0 Å². The van der Waals surface area contributed by atoms with Crippen LogP contribution < -0.4 is 4.74 Å². The van der Waals surface area contributed by atoms with E-state index in [0.717, 1.165) is 11.1 Å². The highest BCUT2D eigenvalue weighted by Gasteiger charge is 2.12. The second-order valence-corrected chi connectivity index (χ2v) is 5.13. The summed E-state index contributed by atoms with van der Waals surface area (Å²) in [7, 11) is 0. The van der Waals surface area contributed by atoms with Crippen LogP contribution in [0.4, 0.5) is 0 Å². The first kappa shape index (κ1) is 14.1. The summed E-state index contributed by atoms with van der Waals surface area (Å²) in [5, 5.41) is 9.23. The Morgan fingerprint density at radius 2 is 1.90 bits per heavy atom. The number of carboxylic acid groups (broad SMARTS) is 1. The predicted octanol–water partition coefficient (Wildman–Crippen LogP) is 4.61. The molecule has 0 bridgehead atoms. The summed E-state index contributed by atoms with van der Waals surface area (Å²) in [4.78, 5) is 11.3. The smallest absolute Gasteiger partial charge is 0.339 e. The molecule has 0 atom stereocenters. The maximum absolute atomic E-state index is 11.3. The molecule has 0 aliphatic heterocycles. The molecule has 0 unspecified atom stereocenters. The quantitative estimate of drug-likeness (QED) is 0.882. The molecule has 20 heavy (non-hydrogen) atoms. The summed E-state index contributed by atoms with van der Waals surface area (Å²) in [6, 6.07) is 12.9. The minimum Gasteiger partial charge on any atom is -0.478 e. The number of aryl methyl sites for hydroxylation is 1. The van der Waals surface area contributed by atoms with Crippen molar-refractivity contribution in [3.63, 3.8) is 0 Å². The van der Waals surface area contributed by atoms with Gasteiger partial charge in [-0.25, -0.2) is 4.79 Å². The van der Waals surface area contributed by atoms with E-state index in [2.05, 4.69) is 13.8 Å². The van der Waals surface area contributed by atoms with Crippen molar-refractivity contribution < 1.29 is 14.6 Å². The largest absolute Gasteiger partial charge is 0.478 e. The Bertz CT molecular complexity index is 630. The average Bonchev–Trinajstić information content (AvgIpc) is 2.41. The maximum Gasteiger partial charge on any atom is 0.339 e. The van der Waals surface area contributed by atoms with Gasteiger partial charge in [0.05, 0.1) is 0 Å². The third-order valence-electron chi connectivity index (χ3n) is 3.12. The standard InChI is InChI=1S/C17H18O3/c1-11(2)13-5-4-6-14(10-13)20-16-8-7-12(3)9-15(16)17(18)19/h4-11H,1-3H3,(H,18,19). The number of rotatable bonds is 4. The van der Waals surface area contributed by atoms with Crippen LogP contribution in [0, 0.1) is 6.92 Å². The maximum atomic E-state index is 11.3. The molecule has 0 heterocycles. The molecule has 0 amide bonds. The van der Waals surface area contributed by atoms with Crippen molar-refractivity contribution in [3.05, 3.63) is 59.2 Å². The molecule has 0 radical (unpaired) electrons. The molecular formula is C17H18O3. The zero-order valence-electron chi connectivity index (χ0n) is 11.9. The fourth-order valence-electron chi connectivity index (χ4n) is 1.96. The van der Waals surface area contributed by atoms with E-state index < -0.39 is 5.97 Å². The van der Waals surface area contributed by atoms with Crippen LogP contribution >= 0.6 is 0 Å². The highest BCUT2D eigenvalue weighted by atomic mass is 16.5. The zero-order valence-corrected chi connectivity index (χ0v) is 11.9. The van der Waals surface area contributed by atoms with E-state index in [0.29, 0.717) is 17.4 Å². The number of hydrogen-bond acceptors (Lipinski definition) is 2. The van der Waals surface area contributed by atoms with Crippen LogP contribution in [-0.2, 0) is 0 Å². The number of hydrogen-bond donors (Lipinski definition) is 1. The van der Waals surface area contributed by atoms with Crippen LogP contribution in [-0.4, -0.2) is 11.1 Å². The van der Waals surface area contributed by atoms with Crippen molar-refractivity contribution in [2.45, 2.75) is 26.7 Å². The fourth-order valence-corrected chi connectivity index (χ4v) is 1.96. The zero-order chi connectivity index (χ0) is 14.7. The molecule has 0 fully saturated rings. The summed E-state index contributed by atoms with van der Waals surface area (Å²) >= 11 is 0. The molecule has 2 rings (SSSR count). The number of aromatic carboxylic acids is 1. The first-order valence-corrected chi connectivity index (χ1v) is 6.59. The predicted molar refractivity (Wildman–Crippen MR) is 78.7 cm³/mol. The van der Waals surface area contributed by atoms with E-state index in [-0.39, 0.29) is 5.56 Å². The Labute approximate surface area is 118 Å². The minimum absolute atomic E-state index is 0.181. The minimum atomic E-state index is -0.983. The summed E-state index contributed by atoms with van der Waals surface area (Å²) < 4.78 is 5.74. The molecule has 0 saturated carbocycles. The van der Waals surface area contributed by atoms with Crippen LogP contribution in [0.25, 0.3) is 0 Å². The molecule has 2 aromatic carbocycles. The second-order valence-electron chi connectivity index (χ2n) is 5.13. The summed E-state index contributed by atoms with van der Waals surface area (Å²) in [6.07, 6.45) is 0. The molecule has 0 spiro atoms. The van der Waals surface area contributed by atoms with Crippen LogP contribution in [0.1, 0.15) is 41.3 Å². The van der Waals surface area contributed by atoms with Gasteiger partial charge in [-0.3, -0.25) is 0 Å². The lowest BCUT2D eigenvalue weighted by Crippen LogP contribution is -2.00. The number of ether oxygens (including phenoxy) is 1. The Morgan fingerprint density at radius 3 is 2.55 bits per heavy atom. The topological polar surface area (TPSA) is 46.5 Å². The van der Waals surface area contributed by atoms with E-state index in [1.807, 2.05) is 37.3 Å². The van der Waals surface area contributed by atoms with Crippen molar-refractivity contribution >= 4 is 5.97 Å². The lowest BCUT2D eigenvalue weighted by atomic mass is 10.0. The third-order valence-corrected chi connectivity index (χ3v) is 3.12. The Balaban J connectivity index is 2.35. The van der Waals surface area contributed by atoms with E-state index >= 15 is 0 Å². The van der Waals surface area contributed by atoms with Gasteiger partial charge in [0.2, 0.25) is 0 Å². The van der Waals surface area contributed by atoms with Gasteiger partial charge in [-0.1, -0.05) is 37.6 Å². The van der Waals surface area contributed by atoms with Gasteiger partial charge in [0, 0.05) is 0 Å². The summed E-state index contributed by atoms with van der Waals surface area (Å²) in [5.74, 6) is 0.436. The number of carbonyl (C=O) groups is 1. The van der Waals surface area contributed by atoms with Gasteiger partial charge in [0.1, 0.15) is 17.1 Å². The first-order chi connectivity index (χ1) is 9.47. The lowest BCUT2D eigenvalue weighted by molar-refractivity contribution is 0.0694. The highest BCUT2D eigenvalue weighted by Crippen LogP contribution is 2.28. The SMILES string of the molecule is Cc1ccc(Oc2cccc(C(C)C)c2)c(C(=O)O)c1. The third kappa shape index (κ3) is 3.18. The van der Waals surface area contributed by atoms with Gasteiger partial charge < -0.3 is 9.84 Å². The first-order valence-electron chi connectivity index (χ1n) is 6.59. The fraction of sp³-hybridized carbons (Fsp3) is 0.235. The molecule has 2 aromatic rings. The highest BCUT2D eigenvalue weighted by molar-refractivity contribution is 5.91. The van der Waals surface area contributed by atoms with Gasteiger partial charge in [-0.15, -0.1) is 0 Å². The van der Waals surface area contributed by atoms with Crippen molar-refractivity contribution in [1.29, 1.82) is 0 Å². The molecule has 104 valence electrons. The van der Waals surface area contributed by atoms with Crippen molar-refractivity contribution in [2.75, 3.05) is 0 Å². The van der Waals surface area contributed by atoms with Crippen LogP contribution in [0.15, 0.2) is 42.5 Å². The molecule has 0 aliphatic carbocycles. The Kier molecular flexibility index (Phi) is 4.08. The van der Waals surface area contributed by atoms with E-state index in [4.69, 9.17) is 4.74 Å². The van der Waals surface area contributed by atoms with Crippen LogP contribution in [0.5, 0.6) is 11.5 Å². The molecule has 0 aliphatic rings. The molecule has 1 N–H and O–H groups in total. The van der Waals surface area contributed by atoms with Gasteiger partial charge in [-0.2, -0.15) is 0 Å². The van der Waals surface area contributed by atoms with Crippen molar-refractivity contribution in [2.24, 2.45) is 0 Å². The monoisotopic (exact) mass is 270 g/mol. The van der Waals surface area contributed by atoms with Gasteiger partial charge >= 0.3 is 5.97 Å². The molecule has 3 heteroatoms. The van der Waals surface area contributed by atoms with Crippen molar-refractivity contribution in [1.82, 2.24) is 0 Å². The van der Waals surface area contributed by atoms with Crippen LogP contribution in [0.2, 0.25) is 0 Å². The van der Waals surface area contributed by atoms with E-state index in [9.17, 15) is 9.90 Å². The molecule has 0 aromatic heterocycles. The van der Waals surface area contributed by atoms with Gasteiger partial charge in [0.25, 0.3) is 0 Å². The van der Waals surface area contributed by atoms with E-state index in [1.165, 1.54) is 0 Å². The van der Waals surface area contributed by atoms with E-state index in [1.54, 1.807) is 12.1 Å². The Morgan fingerprint density at radius 1 is 1.15 bits per heavy atom. The molecule has 3 nitrogen and oxygen atoms in total. The van der Waals surface area contributed by atoms with Crippen molar-refractivity contribution in [3.8, 4) is 11.5 Å². The average molecular weight is 270 g/mol. The normalized spacial score (nSPS) is 10.6. The lowest BCUT2D eigenvalue weighted by Gasteiger charge is -2.12. The van der Waals surface area contributed by atoms with Gasteiger partial charge in [0.15, 0.2) is 0 Å². The Hall–Kier alpha value is -2.29. The summed E-state index contributed by atoms with van der Waals surface area (Å²) in [5.41, 5.74) is 2.23. The molecule has 0 saturated heterocycles. The second kappa shape index (κ2) is 5.78. The number of benzene rings is 2. The summed E-state index contributed by atoms with van der Waals surface area (Å²) in [6.45, 7) is 6.07.